The first kappa shape index (κ1) is 30.4. The summed E-state index contributed by atoms with van der Waals surface area (Å²) in [5.74, 6) is 1.57. The maximum absolute atomic E-state index is 6.51. The molecule has 4 aromatic carbocycles. The van der Waals surface area contributed by atoms with Crippen LogP contribution >= 0.6 is 0 Å². The van der Waals surface area contributed by atoms with Gasteiger partial charge in [0.15, 0.2) is 0 Å². The van der Waals surface area contributed by atoms with Crippen LogP contribution in [0.5, 0.6) is 11.5 Å². The van der Waals surface area contributed by atoms with Crippen LogP contribution in [0.1, 0.15) is 19.4 Å². The van der Waals surface area contributed by atoms with Crippen LogP contribution in [0, 0.1) is 0 Å². The molecule has 0 atom stereocenters. The van der Waals surface area contributed by atoms with Crippen molar-refractivity contribution < 1.29 is 4.74 Å². The topological polar surface area (TPSA) is 48.0 Å². The Balaban J connectivity index is 1.05. The quantitative estimate of drug-likeness (QED) is 0.172. The van der Waals surface area contributed by atoms with Crippen molar-refractivity contribution in [2.45, 2.75) is 19.4 Å². The van der Waals surface area contributed by atoms with Gasteiger partial charge in [-0.15, -0.1) is 0 Å². The Morgan fingerprint density at radius 1 is 0.592 bits per heavy atom. The summed E-state index contributed by atoms with van der Waals surface area (Å²) in [4.78, 5) is 18.6. The van der Waals surface area contributed by atoms with E-state index in [4.69, 9.17) is 14.7 Å². The van der Waals surface area contributed by atoms with Gasteiger partial charge in [0.05, 0.1) is 30.4 Å². The minimum Gasteiger partial charge on any atom is -0.457 e. The lowest BCUT2D eigenvalue weighted by molar-refractivity contribution is 0.150. The smallest absolute Gasteiger partial charge is 0.129 e. The number of para-hydroxylation sites is 2. The van der Waals surface area contributed by atoms with E-state index in [2.05, 4.69) is 138 Å². The summed E-state index contributed by atoms with van der Waals surface area (Å²) in [5.41, 5.74) is 9.63. The van der Waals surface area contributed by atoms with Crippen LogP contribution in [0.3, 0.4) is 0 Å². The second-order valence-corrected chi connectivity index (χ2v) is 13.0. The second-order valence-electron chi connectivity index (χ2n) is 13.0. The van der Waals surface area contributed by atoms with E-state index in [1.807, 2.05) is 54.9 Å². The first-order chi connectivity index (χ1) is 24.0. The number of pyridine rings is 2. The molecule has 2 aliphatic heterocycles. The van der Waals surface area contributed by atoms with Gasteiger partial charge in [-0.1, -0.05) is 60.7 Å². The second kappa shape index (κ2) is 12.6. The standard InChI is InChI=1S/C42H38N6O/c1-42(2)37-19-4-5-22-40(37)48(29-45(42)3)32-14-11-16-34(28-32)49-33-15-10-13-31(27-33)46-25-26-47(30-46)41-35(38-20-6-8-23-43-38)17-12-18-36(41)39-21-7-9-24-44-39/h4-28H,29-30H2,1-3H3. The van der Waals surface area contributed by atoms with Gasteiger partial charge in [0.2, 0.25) is 0 Å². The molecule has 0 N–H and O–H groups in total. The van der Waals surface area contributed by atoms with Gasteiger partial charge in [-0.3, -0.25) is 14.9 Å². The molecule has 0 radical (unpaired) electrons. The van der Waals surface area contributed by atoms with E-state index in [-0.39, 0.29) is 5.54 Å². The van der Waals surface area contributed by atoms with E-state index in [0.29, 0.717) is 6.67 Å². The number of rotatable bonds is 7. The largest absolute Gasteiger partial charge is 0.457 e. The average molecular weight is 643 g/mol. The maximum Gasteiger partial charge on any atom is 0.129 e. The fourth-order valence-electron chi connectivity index (χ4n) is 6.74. The van der Waals surface area contributed by atoms with E-state index in [1.165, 1.54) is 11.3 Å². The van der Waals surface area contributed by atoms with E-state index >= 15 is 0 Å². The van der Waals surface area contributed by atoms with E-state index in [1.54, 1.807) is 0 Å². The zero-order valence-electron chi connectivity index (χ0n) is 27.9. The molecule has 0 saturated heterocycles. The van der Waals surface area contributed by atoms with Crippen molar-refractivity contribution in [1.82, 2.24) is 14.9 Å². The summed E-state index contributed by atoms with van der Waals surface area (Å²) >= 11 is 0. The van der Waals surface area contributed by atoms with Crippen LogP contribution in [-0.2, 0) is 5.54 Å². The van der Waals surface area contributed by atoms with Crippen molar-refractivity contribution in [1.29, 1.82) is 0 Å². The fourth-order valence-corrected chi connectivity index (χ4v) is 6.74. The molecule has 2 aliphatic rings. The summed E-state index contributed by atoms with van der Waals surface area (Å²) in [6, 6.07) is 43.7. The Bertz CT molecular complexity index is 2070. The van der Waals surface area contributed by atoms with E-state index < -0.39 is 0 Å². The molecule has 7 heteroatoms. The number of hydrogen-bond acceptors (Lipinski definition) is 7. The lowest BCUT2D eigenvalue weighted by Crippen LogP contribution is -2.49. The fraction of sp³-hybridized carbons (Fsp3) is 0.143. The number of fused-ring (bicyclic) bond motifs is 1. The number of ether oxygens (including phenoxy) is 1. The Kier molecular flexibility index (Phi) is 7.82. The van der Waals surface area contributed by atoms with Gasteiger partial charge < -0.3 is 19.4 Å². The SMILES string of the molecule is CN1CN(c2cccc(Oc3cccc(N4C=CN(c5c(-c6ccccn6)cccc5-c5ccccn5)C4)c3)c2)c2ccccc2C1(C)C. The molecule has 4 heterocycles. The van der Waals surface area contributed by atoms with Crippen molar-refractivity contribution in [2.75, 3.05) is 35.1 Å². The highest BCUT2D eigenvalue weighted by Gasteiger charge is 2.35. The zero-order chi connectivity index (χ0) is 33.4. The van der Waals surface area contributed by atoms with Crippen LogP contribution in [0.4, 0.5) is 22.7 Å². The van der Waals surface area contributed by atoms with Crippen LogP contribution in [-0.4, -0.2) is 35.3 Å². The summed E-state index contributed by atoms with van der Waals surface area (Å²) in [6.45, 7) is 5.97. The Morgan fingerprint density at radius 3 is 1.86 bits per heavy atom. The molecule has 0 saturated carbocycles. The summed E-state index contributed by atoms with van der Waals surface area (Å²) in [7, 11) is 2.18. The van der Waals surface area contributed by atoms with Crippen molar-refractivity contribution in [3.8, 4) is 34.0 Å². The highest BCUT2D eigenvalue weighted by Crippen LogP contribution is 2.43. The number of anilines is 4. The number of aromatic nitrogens is 2. The molecule has 0 fully saturated rings. The highest BCUT2D eigenvalue weighted by atomic mass is 16.5. The van der Waals surface area contributed by atoms with Gasteiger partial charge in [-0.2, -0.15) is 0 Å². The molecule has 2 aromatic heterocycles. The third-order valence-electron chi connectivity index (χ3n) is 9.61. The molecule has 6 aromatic rings. The van der Waals surface area contributed by atoms with Crippen LogP contribution in [0.2, 0.25) is 0 Å². The molecule has 242 valence electrons. The number of nitrogens with zero attached hydrogens (tertiary/aromatic N) is 6. The Hall–Kier alpha value is -5.92. The molecule has 49 heavy (non-hydrogen) atoms. The monoisotopic (exact) mass is 642 g/mol. The third-order valence-corrected chi connectivity index (χ3v) is 9.61. The first-order valence-corrected chi connectivity index (χ1v) is 16.6. The van der Waals surface area contributed by atoms with Gasteiger partial charge in [0.25, 0.3) is 0 Å². The molecule has 0 amide bonds. The molecular formula is C42H38N6O. The first-order valence-electron chi connectivity index (χ1n) is 16.6. The van der Waals surface area contributed by atoms with E-state index in [9.17, 15) is 0 Å². The summed E-state index contributed by atoms with van der Waals surface area (Å²) in [6.07, 6.45) is 7.91. The third kappa shape index (κ3) is 5.79. The van der Waals surface area contributed by atoms with Gasteiger partial charge >= 0.3 is 0 Å². The Labute approximate surface area is 288 Å². The van der Waals surface area contributed by atoms with Crippen LogP contribution < -0.4 is 19.4 Å². The summed E-state index contributed by atoms with van der Waals surface area (Å²) in [5, 5.41) is 0. The maximum atomic E-state index is 6.51. The predicted molar refractivity (Wildman–Crippen MR) is 199 cm³/mol. The molecule has 0 bridgehead atoms. The van der Waals surface area contributed by atoms with Gasteiger partial charge in [0.1, 0.15) is 11.5 Å². The molecular weight excluding hydrogens is 605 g/mol. The lowest BCUT2D eigenvalue weighted by Gasteiger charge is -2.47. The molecule has 0 aliphatic carbocycles. The molecule has 7 nitrogen and oxygen atoms in total. The average Bonchev–Trinajstić information content (AvgIpc) is 3.64. The number of hydrogen-bond donors (Lipinski definition) is 0. The zero-order valence-corrected chi connectivity index (χ0v) is 27.9. The normalized spacial score (nSPS) is 15.4. The molecule has 0 unspecified atom stereocenters. The van der Waals surface area contributed by atoms with Crippen molar-refractivity contribution in [3.05, 3.63) is 158 Å². The summed E-state index contributed by atoms with van der Waals surface area (Å²) < 4.78 is 6.51. The Morgan fingerprint density at radius 2 is 1.18 bits per heavy atom. The highest BCUT2D eigenvalue weighted by molar-refractivity contribution is 5.90. The van der Waals surface area contributed by atoms with Crippen LogP contribution in [0.15, 0.2) is 152 Å². The minimum atomic E-state index is -0.0538. The van der Waals surface area contributed by atoms with E-state index in [0.717, 1.165) is 57.7 Å². The van der Waals surface area contributed by atoms with Gasteiger partial charge in [-0.25, -0.2) is 0 Å². The van der Waals surface area contributed by atoms with Crippen molar-refractivity contribution in [3.63, 3.8) is 0 Å². The van der Waals surface area contributed by atoms with Gasteiger partial charge in [0, 0.05) is 70.7 Å². The molecule has 0 spiro atoms. The predicted octanol–water partition coefficient (Wildman–Crippen LogP) is 9.63. The van der Waals surface area contributed by atoms with Crippen molar-refractivity contribution >= 4 is 22.7 Å². The lowest BCUT2D eigenvalue weighted by atomic mass is 9.88. The molecule has 8 rings (SSSR count). The minimum absolute atomic E-state index is 0.0538. The van der Waals surface area contributed by atoms with Gasteiger partial charge in [-0.05, 0) is 81.1 Å². The van der Waals surface area contributed by atoms with Crippen molar-refractivity contribution in [2.24, 2.45) is 0 Å². The van der Waals surface area contributed by atoms with Crippen LogP contribution in [0.25, 0.3) is 22.5 Å². The number of benzene rings is 4.